The number of aromatic nitrogens is 2. The van der Waals surface area contributed by atoms with Crippen LogP contribution in [-0.2, 0) is 45.3 Å². The second-order valence-electron chi connectivity index (χ2n) is 16.0. The van der Waals surface area contributed by atoms with Gasteiger partial charge < -0.3 is 47.9 Å². The van der Waals surface area contributed by atoms with E-state index >= 15 is 0 Å². The number of ether oxygens (including phenoxy) is 3. The maximum Gasteiger partial charge on any atom is 0.412 e. The first kappa shape index (κ1) is 52.1. The standard InChI is InChI=1S/C24H31N3O5.C23H31N3O3.ClH/c1-17(2)14-21(23(29)31-4)26-22(28)20-10-12-27(13-11-20)16-32-24(30)25-18(3)15-19-8-6-5-7-9-19;1-17(2)14-18(3)24-22(27)21-10-12-26(13-11-21)16-29-23(28)25-19(4)15-20-8-6-5-7-9-20;/h5-13,17-18,21H,14-16H2,1-4H3,(H-,25,26,28,30);5-13,17-19H,14-16H2,1-4H3,(H-,24,25,27,28);1H/p+1/t18-,21-;18-,19+;/m01./s1. The van der Waals surface area contributed by atoms with E-state index in [1.807, 2.05) is 95.3 Å². The average molecular weight is 877 g/mol. The number of benzene rings is 2. The highest BCUT2D eigenvalue weighted by atomic mass is 35.5. The molecule has 0 radical (unpaired) electrons. The van der Waals surface area contributed by atoms with Crippen LogP contribution in [0.15, 0.2) is 110 Å². The van der Waals surface area contributed by atoms with Crippen molar-refractivity contribution in [3.63, 3.8) is 0 Å². The van der Waals surface area contributed by atoms with Crippen LogP contribution in [0, 0.1) is 11.8 Å². The zero-order chi connectivity index (χ0) is 44.7. The van der Waals surface area contributed by atoms with Gasteiger partial charge in [0.15, 0.2) is 24.8 Å². The number of nitrogens with zero attached hydrogens (tertiary/aromatic N) is 2. The molecule has 4 aromatic rings. The first-order chi connectivity index (χ1) is 29.1. The van der Waals surface area contributed by atoms with Crippen LogP contribution in [0.4, 0.5) is 9.59 Å². The van der Waals surface area contributed by atoms with Crippen molar-refractivity contribution in [3.05, 3.63) is 132 Å². The van der Waals surface area contributed by atoms with Gasteiger partial charge in [-0.25, -0.2) is 14.4 Å². The van der Waals surface area contributed by atoms with Crippen molar-refractivity contribution < 1.29 is 59.7 Å². The highest BCUT2D eigenvalue weighted by molar-refractivity contribution is 5.96. The predicted molar refractivity (Wildman–Crippen MR) is 231 cm³/mol. The summed E-state index contributed by atoms with van der Waals surface area (Å²) < 4.78 is 18.6. The molecule has 0 fully saturated rings. The van der Waals surface area contributed by atoms with Gasteiger partial charge in [0.25, 0.3) is 25.3 Å². The number of amides is 4. The Morgan fingerprint density at radius 1 is 0.516 bits per heavy atom. The molecule has 0 aliphatic heterocycles. The highest BCUT2D eigenvalue weighted by Crippen LogP contribution is 2.09. The lowest BCUT2D eigenvalue weighted by molar-refractivity contribution is -0.727. The van der Waals surface area contributed by atoms with Crippen LogP contribution >= 0.6 is 0 Å². The maximum absolute atomic E-state index is 12.5. The molecule has 62 heavy (non-hydrogen) atoms. The van der Waals surface area contributed by atoms with Crippen LogP contribution in [0.25, 0.3) is 0 Å². The molecule has 2 heterocycles. The summed E-state index contributed by atoms with van der Waals surface area (Å²) in [6.45, 7) is 14.1. The Morgan fingerprint density at radius 3 is 1.27 bits per heavy atom. The predicted octanol–water partition coefficient (Wildman–Crippen LogP) is 3.06. The number of nitrogens with one attached hydrogen (secondary N) is 4. The van der Waals surface area contributed by atoms with Crippen molar-refractivity contribution in [2.24, 2.45) is 11.8 Å². The second-order valence-corrected chi connectivity index (χ2v) is 16.0. The Bertz CT molecular complexity index is 1950. The fourth-order valence-electron chi connectivity index (χ4n) is 6.32. The fourth-order valence-corrected chi connectivity index (χ4v) is 6.32. The quantitative estimate of drug-likeness (QED) is 0.0634. The summed E-state index contributed by atoms with van der Waals surface area (Å²) in [5.74, 6) is -0.197. The van der Waals surface area contributed by atoms with Gasteiger partial charge >= 0.3 is 18.2 Å². The summed E-state index contributed by atoms with van der Waals surface area (Å²) in [4.78, 5) is 60.7. The number of pyridine rings is 2. The highest BCUT2D eigenvalue weighted by Gasteiger charge is 2.24. The van der Waals surface area contributed by atoms with Crippen molar-refractivity contribution in [2.45, 2.75) is 112 Å². The molecule has 4 amide bonds. The normalized spacial score (nSPS) is 12.5. The molecule has 4 atom stereocenters. The molecule has 0 bridgehead atoms. The number of esters is 1. The minimum Gasteiger partial charge on any atom is -1.00 e. The van der Waals surface area contributed by atoms with Crippen molar-refractivity contribution in [1.82, 2.24) is 21.3 Å². The second kappa shape index (κ2) is 27.8. The number of carbonyl (C=O) groups excluding carboxylic acids is 5. The van der Waals surface area contributed by atoms with Gasteiger partial charge in [0, 0.05) is 42.4 Å². The fraction of sp³-hybridized carbons (Fsp3) is 0.426. The summed E-state index contributed by atoms with van der Waals surface area (Å²) in [5.41, 5.74) is 3.26. The zero-order valence-electron chi connectivity index (χ0n) is 37.1. The SMILES string of the molecule is CC(C)C[C@@H](C)NC(=O)c1cc[n+](COC(=O)N[C@@H](C)Cc2ccccc2)cc1.COC(=O)[C@H](CC(C)C)NC(=O)c1cc[n+](COC(=O)N[C@@H](C)Cc2ccccc2)cc1.[Cl-]. The van der Waals surface area contributed by atoms with Gasteiger partial charge in [-0.2, -0.15) is 9.13 Å². The first-order valence-electron chi connectivity index (χ1n) is 20.7. The lowest BCUT2D eigenvalue weighted by Crippen LogP contribution is -3.00. The lowest BCUT2D eigenvalue weighted by Gasteiger charge is -2.18. The average Bonchev–Trinajstić information content (AvgIpc) is 3.22. The summed E-state index contributed by atoms with van der Waals surface area (Å²) in [6.07, 6.45) is 8.59. The molecule has 0 aliphatic rings. The molecule has 14 nitrogen and oxygen atoms in total. The van der Waals surface area contributed by atoms with Crippen molar-refractivity contribution >= 4 is 30.0 Å². The number of rotatable bonds is 19. The maximum atomic E-state index is 12.5. The molecule has 4 rings (SSSR count). The molecular weight excluding hydrogens is 812 g/mol. The molecule has 0 saturated carbocycles. The zero-order valence-corrected chi connectivity index (χ0v) is 37.9. The molecule has 0 spiro atoms. The smallest absolute Gasteiger partial charge is 0.412 e. The number of hydrogen-bond acceptors (Lipinski definition) is 8. The van der Waals surface area contributed by atoms with Crippen LogP contribution in [0.2, 0.25) is 0 Å². The summed E-state index contributed by atoms with van der Waals surface area (Å²) in [5, 5.41) is 11.3. The molecule has 15 heteroatoms. The molecule has 2 aromatic carbocycles. The summed E-state index contributed by atoms with van der Waals surface area (Å²) in [7, 11) is 1.30. The molecule has 4 N–H and O–H groups in total. The van der Waals surface area contributed by atoms with Crippen molar-refractivity contribution in [1.29, 1.82) is 0 Å². The third-order valence-electron chi connectivity index (χ3n) is 9.19. The van der Waals surface area contributed by atoms with Crippen molar-refractivity contribution in [2.75, 3.05) is 7.11 Å². The third kappa shape index (κ3) is 20.5. The lowest BCUT2D eigenvalue weighted by atomic mass is 10.0. The number of carbonyl (C=O) groups is 5. The van der Waals surface area contributed by atoms with Crippen LogP contribution < -0.4 is 42.8 Å². The number of hydrogen-bond donors (Lipinski definition) is 4. The Balaban J connectivity index is 0.000000422. The van der Waals surface area contributed by atoms with Crippen LogP contribution in [-0.4, -0.2) is 61.2 Å². The molecule has 336 valence electrons. The first-order valence-corrected chi connectivity index (χ1v) is 20.7. The Hall–Kier alpha value is -6.02. The monoisotopic (exact) mass is 875 g/mol. The molecule has 2 aromatic heterocycles. The Kier molecular flexibility index (Phi) is 23.3. The van der Waals surface area contributed by atoms with E-state index in [2.05, 4.69) is 35.1 Å². The van der Waals surface area contributed by atoms with Crippen LogP contribution in [0.5, 0.6) is 0 Å². The van der Waals surface area contributed by atoms with E-state index in [1.54, 1.807) is 58.2 Å². The summed E-state index contributed by atoms with van der Waals surface area (Å²) >= 11 is 0. The van der Waals surface area contributed by atoms with Gasteiger partial charge in [-0.05, 0) is 69.4 Å². The number of alkyl carbamates (subject to hydrolysis) is 2. The molecule has 0 saturated heterocycles. The van der Waals surface area contributed by atoms with E-state index in [0.29, 0.717) is 29.9 Å². The van der Waals surface area contributed by atoms with Crippen molar-refractivity contribution in [3.8, 4) is 0 Å². The Labute approximate surface area is 372 Å². The topological polar surface area (TPSA) is 169 Å². The van der Waals surface area contributed by atoms with Gasteiger partial charge in [0.2, 0.25) is 0 Å². The van der Waals surface area contributed by atoms with E-state index in [1.165, 1.54) is 7.11 Å². The molecule has 0 unspecified atom stereocenters. The summed E-state index contributed by atoms with van der Waals surface area (Å²) in [6, 6.07) is 25.8. The number of methoxy groups -OCH3 is 1. The molecular formula is C47H64ClN6O8+. The van der Waals surface area contributed by atoms with E-state index in [-0.39, 0.29) is 61.7 Å². The third-order valence-corrected chi connectivity index (χ3v) is 9.19. The van der Waals surface area contributed by atoms with Crippen LogP contribution in [0.3, 0.4) is 0 Å². The van der Waals surface area contributed by atoms with Gasteiger partial charge in [-0.1, -0.05) is 88.4 Å². The minimum absolute atomic E-state index is 0. The number of halogens is 1. The van der Waals surface area contributed by atoms with E-state index < -0.39 is 24.2 Å². The van der Waals surface area contributed by atoms with Gasteiger partial charge in [0.1, 0.15) is 6.04 Å². The Morgan fingerprint density at radius 2 is 0.903 bits per heavy atom. The van der Waals surface area contributed by atoms with E-state index in [4.69, 9.17) is 14.2 Å². The van der Waals surface area contributed by atoms with E-state index in [0.717, 1.165) is 24.0 Å². The minimum atomic E-state index is -0.704. The van der Waals surface area contributed by atoms with Crippen LogP contribution in [0.1, 0.15) is 93.2 Å². The van der Waals surface area contributed by atoms with Gasteiger partial charge in [-0.3, -0.25) is 9.59 Å². The van der Waals surface area contributed by atoms with Gasteiger partial charge in [-0.15, -0.1) is 0 Å². The largest absolute Gasteiger partial charge is 1.00 e. The van der Waals surface area contributed by atoms with E-state index in [9.17, 15) is 24.0 Å². The molecule has 0 aliphatic carbocycles. The van der Waals surface area contributed by atoms with Gasteiger partial charge in [0.05, 0.1) is 18.2 Å².